The summed E-state index contributed by atoms with van der Waals surface area (Å²) in [7, 11) is 5.17. The number of aliphatic imine (C=N–C) groups is 1. The summed E-state index contributed by atoms with van der Waals surface area (Å²) in [5, 5.41) is 0. The topological polar surface area (TPSA) is 30.8 Å². The minimum atomic E-state index is 0.138. The van der Waals surface area contributed by atoms with Crippen molar-refractivity contribution in [2.24, 2.45) is 4.99 Å². The number of ether oxygens (including phenoxy) is 2. The van der Waals surface area contributed by atoms with Crippen LogP contribution < -0.4 is 9.47 Å². The normalized spacial score (nSPS) is 17.2. The lowest BCUT2D eigenvalue weighted by Crippen LogP contribution is -2.09. The van der Waals surface area contributed by atoms with Crippen LogP contribution in [0.1, 0.15) is 24.0 Å². The largest absolute Gasteiger partial charge is 0.493 e. The van der Waals surface area contributed by atoms with Crippen LogP contribution in [0.5, 0.6) is 11.5 Å². The molecule has 1 aliphatic rings. The Hall–Kier alpha value is -1.51. The molecular weight excluding hydrogens is 214 g/mol. The molecule has 2 rings (SSSR count). The number of hydrogen-bond donors (Lipinski definition) is 0. The van der Waals surface area contributed by atoms with E-state index >= 15 is 0 Å². The molecule has 0 aromatic heterocycles. The summed E-state index contributed by atoms with van der Waals surface area (Å²) in [4.78, 5) is 4.18. The van der Waals surface area contributed by atoms with Crippen molar-refractivity contribution in [2.75, 3.05) is 21.3 Å². The fourth-order valence-corrected chi connectivity index (χ4v) is 2.32. The van der Waals surface area contributed by atoms with Gasteiger partial charge < -0.3 is 9.47 Å². The second kappa shape index (κ2) is 4.40. The van der Waals surface area contributed by atoms with Gasteiger partial charge >= 0.3 is 0 Å². The summed E-state index contributed by atoms with van der Waals surface area (Å²) < 4.78 is 10.7. The first-order valence-electron chi connectivity index (χ1n) is 5.83. The summed E-state index contributed by atoms with van der Waals surface area (Å²) in [5.74, 6) is 1.62. The zero-order valence-electron chi connectivity index (χ0n) is 10.9. The average Bonchev–Trinajstić information content (AvgIpc) is 3.09. The predicted octanol–water partition coefficient (Wildman–Crippen LogP) is 2.74. The summed E-state index contributed by atoms with van der Waals surface area (Å²) >= 11 is 0. The van der Waals surface area contributed by atoms with Crippen molar-refractivity contribution in [3.8, 4) is 11.5 Å². The zero-order chi connectivity index (χ0) is 12.5. The van der Waals surface area contributed by atoms with Gasteiger partial charge in [-0.05, 0) is 37.0 Å². The molecule has 0 radical (unpaired) electrons. The Labute approximate surface area is 102 Å². The number of hydrogen-bond acceptors (Lipinski definition) is 3. The smallest absolute Gasteiger partial charge is 0.163 e. The van der Waals surface area contributed by atoms with E-state index in [2.05, 4.69) is 17.1 Å². The molecule has 0 aliphatic heterocycles. The van der Waals surface area contributed by atoms with Crippen molar-refractivity contribution in [1.82, 2.24) is 0 Å². The number of benzene rings is 1. The maximum Gasteiger partial charge on any atom is 0.163 e. The first-order valence-corrected chi connectivity index (χ1v) is 5.83. The lowest BCUT2D eigenvalue weighted by atomic mass is 9.95. The van der Waals surface area contributed by atoms with E-state index in [4.69, 9.17) is 9.47 Å². The highest BCUT2D eigenvalue weighted by molar-refractivity contribution is 5.78. The van der Waals surface area contributed by atoms with Crippen LogP contribution >= 0.6 is 0 Å². The van der Waals surface area contributed by atoms with E-state index in [9.17, 15) is 0 Å². The monoisotopic (exact) mass is 233 g/mol. The van der Waals surface area contributed by atoms with E-state index in [-0.39, 0.29) is 5.41 Å². The van der Waals surface area contributed by atoms with Crippen molar-refractivity contribution >= 4 is 6.21 Å². The molecule has 0 saturated heterocycles. The second-order valence-electron chi connectivity index (χ2n) is 4.57. The van der Waals surface area contributed by atoms with Gasteiger partial charge in [-0.15, -0.1) is 0 Å². The third kappa shape index (κ3) is 2.02. The fourth-order valence-electron chi connectivity index (χ4n) is 2.32. The molecule has 3 nitrogen and oxygen atoms in total. The molecule has 1 aliphatic carbocycles. The molecule has 92 valence electrons. The summed E-state index contributed by atoms with van der Waals surface area (Å²) in [6, 6.07) is 4.25. The first kappa shape index (κ1) is 12.0. The molecule has 0 N–H and O–H groups in total. The average molecular weight is 233 g/mol. The van der Waals surface area contributed by atoms with E-state index in [1.54, 1.807) is 14.2 Å². The molecule has 1 saturated carbocycles. The highest BCUT2D eigenvalue weighted by Gasteiger charge is 2.43. The van der Waals surface area contributed by atoms with Crippen LogP contribution in [0.2, 0.25) is 0 Å². The van der Waals surface area contributed by atoms with Crippen molar-refractivity contribution in [2.45, 2.75) is 25.2 Å². The summed E-state index contributed by atoms with van der Waals surface area (Å²) in [5.41, 5.74) is 2.52. The fraction of sp³-hybridized carbons (Fsp3) is 0.500. The minimum absolute atomic E-state index is 0.138. The number of methoxy groups -OCH3 is 2. The van der Waals surface area contributed by atoms with Crippen molar-refractivity contribution in [1.29, 1.82) is 0 Å². The van der Waals surface area contributed by atoms with Gasteiger partial charge in [-0.3, -0.25) is 4.99 Å². The van der Waals surface area contributed by atoms with E-state index in [0.29, 0.717) is 0 Å². The van der Waals surface area contributed by atoms with Gasteiger partial charge in [0.15, 0.2) is 11.5 Å². The van der Waals surface area contributed by atoms with Crippen molar-refractivity contribution in [3.05, 3.63) is 23.3 Å². The molecule has 0 amide bonds. The lowest BCUT2D eigenvalue weighted by Gasteiger charge is -2.16. The van der Waals surface area contributed by atoms with Gasteiger partial charge in [-0.2, -0.15) is 0 Å². The maximum atomic E-state index is 5.39. The Morgan fingerprint density at radius 3 is 2.41 bits per heavy atom. The highest BCUT2D eigenvalue weighted by atomic mass is 16.5. The molecule has 0 spiro atoms. The summed E-state index contributed by atoms with van der Waals surface area (Å²) in [6.07, 6.45) is 4.38. The van der Waals surface area contributed by atoms with Gasteiger partial charge in [0.2, 0.25) is 0 Å². The summed E-state index contributed by atoms with van der Waals surface area (Å²) in [6.45, 7) is 2.05. The van der Waals surface area contributed by atoms with Crippen LogP contribution in [-0.2, 0) is 5.41 Å². The molecule has 17 heavy (non-hydrogen) atoms. The Morgan fingerprint density at radius 2 is 1.94 bits per heavy atom. The third-order valence-electron chi connectivity index (χ3n) is 3.40. The predicted molar refractivity (Wildman–Crippen MR) is 69.6 cm³/mol. The number of nitrogens with zero attached hydrogens (tertiary/aromatic N) is 1. The molecule has 0 heterocycles. The van der Waals surface area contributed by atoms with Gasteiger partial charge in [-0.25, -0.2) is 0 Å². The highest BCUT2D eigenvalue weighted by Crippen LogP contribution is 2.49. The van der Waals surface area contributed by atoms with E-state index in [0.717, 1.165) is 17.1 Å². The van der Waals surface area contributed by atoms with Crippen LogP contribution in [0.3, 0.4) is 0 Å². The van der Waals surface area contributed by atoms with Gasteiger partial charge in [0.25, 0.3) is 0 Å². The van der Waals surface area contributed by atoms with E-state index in [1.165, 1.54) is 18.4 Å². The molecule has 1 fully saturated rings. The SMILES string of the molecule is CN=CC1(c2cc(C)c(OC)c(OC)c2)CC1. The number of aryl methyl sites for hydroxylation is 1. The Morgan fingerprint density at radius 1 is 1.24 bits per heavy atom. The van der Waals surface area contributed by atoms with E-state index in [1.807, 2.05) is 20.2 Å². The molecule has 0 bridgehead atoms. The van der Waals surface area contributed by atoms with Gasteiger partial charge in [0, 0.05) is 18.7 Å². The Kier molecular flexibility index (Phi) is 3.09. The minimum Gasteiger partial charge on any atom is -0.493 e. The van der Waals surface area contributed by atoms with Crippen LogP contribution in [0.15, 0.2) is 17.1 Å². The Balaban J connectivity index is 2.47. The van der Waals surface area contributed by atoms with Crippen LogP contribution in [0.4, 0.5) is 0 Å². The second-order valence-corrected chi connectivity index (χ2v) is 4.57. The maximum absolute atomic E-state index is 5.39. The van der Waals surface area contributed by atoms with Crippen molar-refractivity contribution in [3.63, 3.8) is 0 Å². The van der Waals surface area contributed by atoms with Gasteiger partial charge in [0.05, 0.1) is 14.2 Å². The van der Waals surface area contributed by atoms with Gasteiger partial charge in [-0.1, -0.05) is 6.07 Å². The molecule has 3 heteroatoms. The van der Waals surface area contributed by atoms with Gasteiger partial charge in [0.1, 0.15) is 0 Å². The van der Waals surface area contributed by atoms with Crippen LogP contribution in [-0.4, -0.2) is 27.5 Å². The standard InChI is InChI=1S/C14H19NO2/c1-10-7-11(14(5-6-14)9-15-2)8-12(16-3)13(10)17-4/h7-9H,5-6H2,1-4H3. The zero-order valence-corrected chi connectivity index (χ0v) is 10.9. The third-order valence-corrected chi connectivity index (χ3v) is 3.40. The quantitative estimate of drug-likeness (QED) is 0.749. The Bertz CT molecular complexity index is 448. The molecular formula is C14H19NO2. The number of rotatable bonds is 4. The van der Waals surface area contributed by atoms with Crippen LogP contribution in [0.25, 0.3) is 0 Å². The molecule has 1 aromatic carbocycles. The lowest BCUT2D eigenvalue weighted by molar-refractivity contribution is 0.352. The van der Waals surface area contributed by atoms with Crippen molar-refractivity contribution < 1.29 is 9.47 Å². The molecule has 0 unspecified atom stereocenters. The molecule has 1 aromatic rings. The molecule has 0 atom stereocenters. The van der Waals surface area contributed by atoms with E-state index < -0.39 is 0 Å². The van der Waals surface area contributed by atoms with Crippen LogP contribution in [0, 0.1) is 6.92 Å². The first-order chi connectivity index (χ1) is 8.16.